The van der Waals surface area contributed by atoms with Crippen LogP contribution in [0, 0.1) is 5.92 Å². The molecule has 25 heavy (non-hydrogen) atoms. The Bertz CT molecular complexity index is 631. The van der Waals surface area contributed by atoms with E-state index in [4.69, 9.17) is 14.6 Å². The second-order valence-corrected chi connectivity index (χ2v) is 5.83. The number of nitrogens with zero attached hydrogens (tertiary/aromatic N) is 1. The number of methoxy groups -OCH3 is 2. The molecular weight excluding hydrogens is 328 g/mol. The van der Waals surface area contributed by atoms with Crippen molar-refractivity contribution in [2.75, 3.05) is 27.3 Å². The van der Waals surface area contributed by atoms with Crippen molar-refractivity contribution in [1.82, 2.24) is 10.2 Å². The summed E-state index contributed by atoms with van der Waals surface area (Å²) in [7, 11) is 2.85. The van der Waals surface area contributed by atoms with E-state index < -0.39 is 18.0 Å². The first-order chi connectivity index (χ1) is 11.9. The topological polar surface area (TPSA) is 105 Å². The van der Waals surface area contributed by atoms with Crippen molar-refractivity contribution in [3.05, 3.63) is 29.8 Å². The number of likely N-dealkylation sites (tertiary alicyclic amines) is 1. The zero-order valence-corrected chi connectivity index (χ0v) is 14.2. The summed E-state index contributed by atoms with van der Waals surface area (Å²) in [6, 6.07) is 7.37. The maximum atomic E-state index is 12.2. The maximum absolute atomic E-state index is 12.2. The molecule has 1 fully saturated rings. The van der Waals surface area contributed by atoms with Crippen molar-refractivity contribution < 1.29 is 29.0 Å². The van der Waals surface area contributed by atoms with Gasteiger partial charge in [0.25, 0.3) is 0 Å². The minimum atomic E-state index is -1.15. The number of carbonyl (C=O) groups is 3. The van der Waals surface area contributed by atoms with Gasteiger partial charge in [-0.2, -0.15) is 0 Å². The lowest BCUT2D eigenvalue weighted by molar-refractivity contribution is -0.148. The number of aliphatic carboxylic acids is 1. The average molecular weight is 350 g/mol. The van der Waals surface area contributed by atoms with Gasteiger partial charge >= 0.3 is 5.97 Å². The van der Waals surface area contributed by atoms with Gasteiger partial charge in [0, 0.05) is 26.6 Å². The van der Waals surface area contributed by atoms with E-state index in [2.05, 4.69) is 5.32 Å². The van der Waals surface area contributed by atoms with E-state index >= 15 is 0 Å². The largest absolute Gasteiger partial charge is 0.497 e. The number of carboxylic acids is 1. The van der Waals surface area contributed by atoms with Crippen LogP contribution in [0.15, 0.2) is 24.3 Å². The average Bonchev–Trinajstić information content (AvgIpc) is 2.96. The van der Waals surface area contributed by atoms with Gasteiger partial charge < -0.3 is 24.8 Å². The lowest BCUT2D eigenvalue weighted by atomic mass is 10.1. The van der Waals surface area contributed by atoms with Gasteiger partial charge in [-0.3, -0.25) is 9.59 Å². The quantitative estimate of drug-likeness (QED) is 0.697. The predicted molar refractivity (Wildman–Crippen MR) is 88.0 cm³/mol. The summed E-state index contributed by atoms with van der Waals surface area (Å²) in [5.41, 5.74) is 0.945. The number of nitrogens with one attached hydrogen (secondary N) is 1. The normalized spacial score (nSPS) is 18.1. The molecule has 0 spiro atoms. The van der Waals surface area contributed by atoms with Crippen LogP contribution in [0.2, 0.25) is 0 Å². The summed E-state index contributed by atoms with van der Waals surface area (Å²) >= 11 is 0. The monoisotopic (exact) mass is 350 g/mol. The fourth-order valence-electron chi connectivity index (χ4n) is 2.66. The van der Waals surface area contributed by atoms with Crippen molar-refractivity contribution in [3.63, 3.8) is 0 Å². The molecule has 2 N–H and O–H groups in total. The molecule has 1 aromatic carbocycles. The number of amides is 2. The standard InChI is InChI=1S/C17H22N2O6/c1-24-13-5-3-11(4-6-13)9-19-10-12(7-15(19)20)16(21)18-8-14(25-2)17(22)23/h3-6,12,14H,7-10H2,1-2H3,(H,18,21)(H,22,23). The fourth-order valence-corrected chi connectivity index (χ4v) is 2.66. The zero-order valence-electron chi connectivity index (χ0n) is 14.2. The van der Waals surface area contributed by atoms with E-state index in [9.17, 15) is 14.4 Å². The number of hydrogen-bond acceptors (Lipinski definition) is 5. The summed E-state index contributed by atoms with van der Waals surface area (Å²) in [6.07, 6.45) is -0.983. The Balaban J connectivity index is 1.88. The van der Waals surface area contributed by atoms with Crippen molar-refractivity contribution in [3.8, 4) is 5.75 Å². The van der Waals surface area contributed by atoms with Crippen LogP contribution in [0.4, 0.5) is 0 Å². The highest BCUT2D eigenvalue weighted by Gasteiger charge is 2.34. The Morgan fingerprint density at radius 1 is 1.32 bits per heavy atom. The number of carbonyl (C=O) groups excluding carboxylic acids is 2. The van der Waals surface area contributed by atoms with E-state index in [1.54, 1.807) is 12.0 Å². The third kappa shape index (κ3) is 4.93. The Labute approximate surface area is 145 Å². The van der Waals surface area contributed by atoms with Crippen LogP contribution in [-0.2, 0) is 25.7 Å². The molecule has 0 aromatic heterocycles. The predicted octanol–water partition coefficient (Wildman–Crippen LogP) is 0.260. The third-order valence-electron chi connectivity index (χ3n) is 4.14. The lowest BCUT2D eigenvalue weighted by Crippen LogP contribution is -2.41. The molecule has 0 aliphatic carbocycles. The van der Waals surface area contributed by atoms with Gasteiger partial charge in [0.15, 0.2) is 6.10 Å². The Kier molecular flexibility index (Phi) is 6.35. The van der Waals surface area contributed by atoms with Crippen molar-refractivity contribution in [2.45, 2.75) is 19.1 Å². The zero-order chi connectivity index (χ0) is 18.4. The molecule has 2 rings (SSSR count). The van der Waals surface area contributed by atoms with Gasteiger partial charge in [0.1, 0.15) is 5.75 Å². The van der Waals surface area contributed by atoms with E-state index in [0.29, 0.717) is 13.1 Å². The van der Waals surface area contributed by atoms with Gasteiger partial charge in [0.05, 0.1) is 19.6 Å². The number of benzene rings is 1. The highest BCUT2D eigenvalue weighted by molar-refractivity contribution is 5.89. The Morgan fingerprint density at radius 2 is 2.00 bits per heavy atom. The molecule has 1 aromatic rings. The van der Waals surface area contributed by atoms with Gasteiger partial charge in [0.2, 0.25) is 11.8 Å². The molecule has 2 amide bonds. The minimum Gasteiger partial charge on any atom is -0.497 e. The maximum Gasteiger partial charge on any atom is 0.334 e. The lowest BCUT2D eigenvalue weighted by Gasteiger charge is -2.17. The molecule has 8 heteroatoms. The molecule has 2 unspecified atom stereocenters. The summed E-state index contributed by atoms with van der Waals surface area (Å²) in [4.78, 5) is 36.8. The molecule has 136 valence electrons. The van der Waals surface area contributed by atoms with Crippen molar-refractivity contribution in [2.24, 2.45) is 5.92 Å². The van der Waals surface area contributed by atoms with Crippen LogP contribution in [0.25, 0.3) is 0 Å². The second kappa shape index (κ2) is 8.48. The highest BCUT2D eigenvalue weighted by atomic mass is 16.5. The van der Waals surface area contributed by atoms with Crippen LogP contribution >= 0.6 is 0 Å². The SMILES string of the molecule is COc1ccc(CN2CC(C(=O)NCC(OC)C(=O)O)CC2=O)cc1. The van der Waals surface area contributed by atoms with Gasteiger partial charge in [-0.1, -0.05) is 12.1 Å². The highest BCUT2D eigenvalue weighted by Crippen LogP contribution is 2.21. The summed E-state index contributed by atoms with van der Waals surface area (Å²) in [6.45, 7) is 0.595. The van der Waals surface area contributed by atoms with Crippen LogP contribution in [0.3, 0.4) is 0 Å². The number of hydrogen-bond donors (Lipinski definition) is 2. The molecule has 0 saturated carbocycles. The first-order valence-corrected chi connectivity index (χ1v) is 7.88. The molecule has 2 atom stereocenters. The smallest absolute Gasteiger partial charge is 0.334 e. The fraction of sp³-hybridized carbons (Fsp3) is 0.471. The second-order valence-electron chi connectivity index (χ2n) is 5.83. The van der Waals surface area contributed by atoms with E-state index in [1.165, 1.54) is 7.11 Å². The third-order valence-corrected chi connectivity index (χ3v) is 4.14. The number of ether oxygens (including phenoxy) is 2. The van der Waals surface area contributed by atoms with Crippen LogP contribution in [0.5, 0.6) is 5.75 Å². The van der Waals surface area contributed by atoms with Crippen LogP contribution in [0.1, 0.15) is 12.0 Å². The Hall–Kier alpha value is -2.61. The van der Waals surface area contributed by atoms with Gasteiger partial charge in [-0.15, -0.1) is 0 Å². The van der Waals surface area contributed by atoms with Crippen LogP contribution in [-0.4, -0.2) is 61.2 Å². The molecular formula is C17H22N2O6. The van der Waals surface area contributed by atoms with E-state index in [1.807, 2.05) is 24.3 Å². The molecule has 1 aliphatic rings. The van der Waals surface area contributed by atoms with Crippen LogP contribution < -0.4 is 10.1 Å². The van der Waals surface area contributed by atoms with Crippen molar-refractivity contribution >= 4 is 17.8 Å². The molecule has 1 aliphatic heterocycles. The summed E-state index contributed by atoms with van der Waals surface area (Å²) in [5.74, 6) is -1.34. The number of carboxylic acid groups (broad SMARTS) is 1. The van der Waals surface area contributed by atoms with Gasteiger partial charge in [-0.25, -0.2) is 4.79 Å². The molecule has 0 radical (unpaired) electrons. The molecule has 8 nitrogen and oxygen atoms in total. The first kappa shape index (κ1) is 18.7. The van der Waals surface area contributed by atoms with E-state index in [-0.39, 0.29) is 24.8 Å². The minimum absolute atomic E-state index is 0.0995. The molecule has 1 heterocycles. The van der Waals surface area contributed by atoms with E-state index in [0.717, 1.165) is 11.3 Å². The number of rotatable bonds is 8. The van der Waals surface area contributed by atoms with Crippen molar-refractivity contribution in [1.29, 1.82) is 0 Å². The Morgan fingerprint density at radius 3 is 2.56 bits per heavy atom. The molecule has 0 bridgehead atoms. The summed E-state index contributed by atoms with van der Waals surface area (Å²) < 4.78 is 9.86. The summed E-state index contributed by atoms with van der Waals surface area (Å²) in [5, 5.41) is 11.4. The first-order valence-electron chi connectivity index (χ1n) is 7.88. The van der Waals surface area contributed by atoms with Gasteiger partial charge in [-0.05, 0) is 17.7 Å². The molecule has 1 saturated heterocycles.